The van der Waals surface area contributed by atoms with Crippen LogP contribution in [0.2, 0.25) is 0 Å². The lowest BCUT2D eigenvalue weighted by Crippen LogP contribution is -2.49. The summed E-state index contributed by atoms with van der Waals surface area (Å²) in [6.45, 7) is 4.79. The zero-order chi connectivity index (χ0) is 20.1. The minimum absolute atomic E-state index is 0.122. The van der Waals surface area contributed by atoms with Gasteiger partial charge in [-0.15, -0.1) is 0 Å². The lowest BCUT2D eigenvalue weighted by atomic mass is 9.89. The number of aliphatic hydroxyl groups is 1. The van der Waals surface area contributed by atoms with Crippen LogP contribution in [0, 0.1) is 0 Å². The fraction of sp³-hybridized carbons (Fsp3) is 0.500. The van der Waals surface area contributed by atoms with Gasteiger partial charge >= 0.3 is 0 Å². The highest BCUT2D eigenvalue weighted by molar-refractivity contribution is 5.58. The molecule has 0 saturated carbocycles. The van der Waals surface area contributed by atoms with E-state index in [0.29, 0.717) is 13.2 Å². The maximum Gasteiger partial charge on any atom is 0.142 e. The fourth-order valence-corrected chi connectivity index (χ4v) is 4.52. The first-order chi connectivity index (χ1) is 14.2. The largest absolute Gasteiger partial charge is 0.495 e. The lowest BCUT2D eigenvalue weighted by Gasteiger charge is -2.37. The summed E-state index contributed by atoms with van der Waals surface area (Å²) in [5, 5.41) is 10.5. The van der Waals surface area contributed by atoms with Crippen LogP contribution in [0.4, 0.5) is 5.69 Å². The van der Waals surface area contributed by atoms with Crippen LogP contribution in [0.15, 0.2) is 48.5 Å². The second-order valence-electron chi connectivity index (χ2n) is 8.03. The summed E-state index contributed by atoms with van der Waals surface area (Å²) in [6, 6.07) is 16.7. The smallest absolute Gasteiger partial charge is 0.142 e. The summed E-state index contributed by atoms with van der Waals surface area (Å²) in [6.07, 6.45) is 3.00. The van der Waals surface area contributed by atoms with Crippen molar-refractivity contribution in [1.82, 2.24) is 4.90 Å². The number of hydrogen-bond acceptors (Lipinski definition) is 5. The van der Waals surface area contributed by atoms with E-state index in [1.165, 1.54) is 11.1 Å². The lowest BCUT2D eigenvalue weighted by molar-refractivity contribution is -0.0285. The van der Waals surface area contributed by atoms with Crippen molar-refractivity contribution in [2.75, 3.05) is 51.3 Å². The minimum atomic E-state index is -0.457. The number of aryl methyl sites for hydroxylation is 1. The van der Waals surface area contributed by atoms with Gasteiger partial charge in [0.25, 0.3) is 0 Å². The third kappa shape index (κ3) is 4.92. The Labute approximate surface area is 173 Å². The second-order valence-corrected chi connectivity index (χ2v) is 8.03. The van der Waals surface area contributed by atoms with E-state index in [9.17, 15) is 5.11 Å². The van der Waals surface area contributed by atoms with Gasteiger partial charge in [-0.1, -0.05) is 36.4 Å². The van der Waals surface area contributed by atoms with Crippen molar-refractivity contribution in [2.24, 2.45) is 0 Å². The van der Waals surface area contributed by atoms with E-state index in [-0.39, 0.29) is 6.10 Å². The highest BCUT2D eigenvalue weighted by atomic mass is 16.5. The number of hydrogen-bond donors (Lipinski definition) is 1. The van der Waals surface area contributed by atoms with E-state index < -0.39 is 6.10 Å². The number of β-amino-alcohol motifs (C(OH)–C–C–N with tert-alkyl or cyclic N) is 1. The van der Waals surface area contributed by atoms with Gasteiger partial charge in [-0.05, 0) is 42.5 Å². The summed E-state index contributed by atoms with van der Waals surface area (Å²) < 4.78 is 11.6. The zero-order valence-corrected chi connectivity index (χ0v) is 17.3. The molecule has 1 aliphatic heterocycles. The van der Waals surface area contributed by atoms with Gasteiger partial charge < -0.3 is 19.5 Å². The maximum atomic E-state index is 10.5. The fourth-order valence-electron chi connectivity index (χ4n) is 4.52. The summed E-state index contributed by atoms with van der Waals surface area (Å²) in [5.41, 5.74) is 3.84. The molecule has 5 heteroatoms. The van der Waals surface area contributed by atoms with E-state index in [1.54, 1.807) is 7.11 Å². The molecule has 156 valence electrons. The minimum Gasteiger partial charge on any atom is -0.495 e. The number of rotatable bonds is 7. The normalized spacial score (nSPS) is 20.9. The maximum absolute atomic E-state index is 10.5. The summed E-state index contributed by atoms with van der Waals surface area (Å²) in [7, 11) is 1.72. The molecule has 1 heterocycles. The third-order valence-corrected chi connectivity index (χ3v) is 6.07. The summed E-state index contributed by atoms with van der Waals surface area (Å²) in [4.78, 5) is 4.69. The molecule has 0 unspecified atom stereocenters. The molecule has 1 saturated heterocycles. The number of methoxy groups -OCH3 is 1. The van der Waals surface area contributed by atoms with Gasteiger partial charge in [0.2, 0.25) is 0 Å². The first-order valence-electron chi connectivity index (χ1n) is 10.7. The Hall–Kier alpha value is -2.08. The number of para-hydroxylation sites is 2. The van der Waals surface area contributed by atoms with Gasteiger partial charge in [-0.25, -0.2) is 0 Å². The number of ether oxygens (including phenoxy) is 2. The van der Waals surface area contributed by atoms with Crippen molar-refractivity contribution in [2.45, 2.75) is 31.5 Å². The average molecular weight is 397 g/mol. The van der Waals surface area contributed by atoms with Gasteiger partial charge in [0, 0.05) is 32.7 Å². The molecule has 0 aromatic heterocycles. The number of benzene rings is 2. The van der Waals surface area contributed by atoms with Gasteiger partial charge in [0.1, 0.15) is 5.75 Å². The predicted octanol–water partition coefficient (Wildman–Crippen LogP) is 3.27. The van der Waals surface area contributed by atoms with E-state index in [2.05, 4.69) is 46.2 Å². The van der Waals surface area contributed by atoms with Crippen LogP contribution in [0.3, 0.4) is 0 Å². The molecule has 0 bridgehead atoms. The second kappa shape index (κ2) is 9.61. The zero-order valence-electron chi connectivity index (χ0n) is 17.3. The molecule has 0 amide bonds. The Kier molecular flexibility index (Phi) is 6.70. The van der Waals surface area contributed by atoms with Crippen LogP contribution < -0.4 is 9.64 Å². The molecular weight excluding hydrogens is 364 g/mol. The molecule has 5 nitrogen and oxygen atoms in total. The predicted molar refractivity (Wildman–Crippen MR) is 116 cm³/mol. The molecule has 1 fully saturated rings. The Morgan fingerprint density at radius 2 is 1.79 bits per heavy atom. The summed E-state index contributed by atoms with van der Waals surface area (Å²) >= 11 is 0. The molecule has 0 spiro atoms. The van der Waals surface area contributed by atoms with Crippen molar-refractivity contribution < 1.29 is 14.6 Å². The molecule has 2 aliphatic rings. The number of piperazine rings is 1. The van der Waals surface area contributed by atoms with E-state index in [0.717, 1.165) is 56.9 Å². The Morgan fingerprint density at radius 3 is 2.62 bits per heavy atom. The summed E-state index contributed by atoms with van der Waals surface area (Å²) in [5.74, 6) is 0.919. The molecule has 0 radical (unpaired) electrons. The number of nitrogens with zero attached hydrogens (tertiary/aromatic N) is 2. The number of fused-ring (bicyclic) bond motifs is 1. The van der Waals surface area contributed by atoms with E-state index in [1.807, 2.05) is 12.1 Å². The van der Waals surface area contributed by atoms with Crippen LogP contribution in [-0.2, 0) is 11.2 Å². The molecular formula is C24H32N2O3. The van der Waals surface area contributed by atoms with Crippen LogP contribution in [0.25, 0.3) is 0 Å². The van der Waals surface area contributed by atoms with E-state index in [4.69, 9.17) is 9.47 Å². The first-order valence-corrected chi connectivity index (χ1v) is 10.7. The van der Waals surface area contributed by atoms with Crippen molar-refractivity contribution in [3.05, 3.63) is 59.7 Å². The van der Waals surface area contributed by atoms with Crippen molar-refractivity contribution in [1.29, 1.82) is 0 Å². The topological polar surface area (TPSA) is 45.2 Å². The Bertz CT molecular complexity index is 789. The van der Waals surface area contributed by atoms with Gasteiger partial charge in [0.05, 0.1) is 31.6 Å². The average Bonchev–Trinajstić information content (AvgIpc) is 2.78. The van der Waals surface area contributed by atoms with Crippen molar-refractivity contribution in [3.63, 3.8) is 0 Å². The molecule has 2 atom stereocenters. The molecule has 2 aromatic carbocycles. The molecule has 4 rings (SSSR count). The standard InChI is InChI=1S/C24H32N2O3/c1-28-24-11-5-4-10-22(24)26-15-13-25(14-16-26)17-20(27)18-29-23-12-6-8-19-7-2-3-9-21(19)23/h2-5,7,9-11,20,23,27H,6,8,12-18H2,1H3/t20-,23+/m1/s1. The first kappa shape index (κ1) is 20.2. The van der Waals surface area contributed by atoms with Crippen molar-refractivity contribution in [3.8, 4) is 5.75 Å². The molecule has 2 aromatic rings. The third-order valence-electron chi connectivity index (χ3n) is 6.07. The Morgan fingerprint density at radius 1 is 1.03 bits per heavy atom. The van der Waals surface area contributed by atoms with Gasteiger partial charge in [-0.2, -0.15) is 0 Å². The molecule has 1 N–H and O–H groups in total. The van der Waals surface area contributed by atoms with Crippen molar-refractivity contribution >= 4 is 5.69 Å². The van der Waals surface area contributed by atoms with Crippen LogP contribution in [-0.4, -0.2) is 62.6 Å². The van der Waals surface area contributed by atoms with Crippen LogP contribution in [0.5, 0.6) is 5.75 Å². The quantitative estimate of drug-likeness (QED) is 0.778. The highest BCUT2D eigenvalue weighted by Gasteiger charge is 2.24. The Balaban J connectivity index is 1.24. The van der Waals surface area contributed by atoms with E-state index >= 15 is 0 Å². The van der Waals surface area contributed by atoms with Gasteiger partial charge in [0.15, 0.2) is 0 Å². The number of aliphatic hydroxyl groups excluding tert-OH is 1. The van der Waals surface area contributed by atoms with Gasteiger partial charge in [-0.3, -0.25) is 4.90 Å². The number of anilines is 1. The van der Waals surface area contributed by atoms with Crippen LogP contribution >= 0.6 is 0 Å². The SMILES string of the molecule is COc1ccccc1N1CCN(C[C@@H](O)CO[C@H]2CCCc3ccccc32)CC1. The molecule has 29 heavy (non-hydrogen) atoms. The highest BCUT2D eigenvalue weighted by Crippen LogP contribution is 2.32. The molecule has 1 aliphatic carbocycles. The van der Waals surface area contributed by atoms with Crippen LogP contribution in [0.1, 0.15) is 30.1 Å². The monoisotopic (exact) mass is 396 g/mol.